The Balaban J connectivity index is 1.53. The summed E-state index contributed by atoms with van der Waals surface area (Å²) in [5.74, 6) is 0.250. The van der Waals surface area contributed by atoms with E-state index >= 15 is 0 Å². The van der Waals surface area contributed by atoms with Crippen LogP contribution in [-0.2, 0) is 22.4 Å². The smallest absolute Gasteiger partial charge is 0.346 e. The zero-order chi connectivity index (χ0) is 14.7. The molecule has 0 unspecified atom stereocenters. The molecule has 0 radical (unpaired) electrons. The maximum absolute atomic E-state index is 11.9. The second-order valence-electron chi connectivity index (χ2n) is 5.39. The van der Waals surface area contributed by atoms with E-state index in [9.17, 15) is 9.59 Å². The highest BCUT2D eigenvalue weighted by atomic mass is 32.2. The number of aryl methyl sites for hydroxylation is 1. The predicted molar refractivity (Wildman–Crippen MR) is 79.6 cm³/mol. The Kier molecular flexibility index (Phi) is 4.60. The van der Waals surface area contributed by atoms with Crippen molar-refractivity contribution in [1.29, 1.82) is 0 Å². The Morgan fingerprint density at radius 2 is 2.33 bits per heavy atom. The molecule has 1 fully saturated rings. The fourth-order valence-electron chi connectivity index (χ4n) is 2.77. The molecule has 1 saturated heterocycles. The van der Waals surface area contributed by atoms with Gasteiger partial charge in [-0.1, -0.05) is 11.8 Å². The summed E-state index contributed by atoms with van der Waals surface area (Å²) in [7, 11) is 0. The van der Waals surface area contributed by atoms with E-state index in [0.717, 1.165) is 50.0 Å². The highest BCUT2D eigenvalue weighted by molar-refractivity contribution is 7.99. The number of hydrogen-bond acceptors (Lipinski definition) is 5. The van der Waals surface area contributed by atoms with E-state index in [1.54, 1.807) is 0 Å². The number of thioether (sulfide) groups is 1. The van der Waals surface area contributed by atoms with Crippen LogP contribution in [0.25, 0.3) is 0 Å². The van der Waals surface area contributed by atoms with Crippen LogP contribution in [0.1, 0.15) is 30.5 Å². The minimum absolute atomic E-state index is 0.0377. The Bertz CT molecular complexity index is 581. The first-order valence-corrected chi connectivity index (χ1v) is 8.34. The zero-order valence-electron chi connectivity index (χ0n) is 11.8. The largest absolute Gasteiger partial charge is 0.376 e. The van der Waals surface area contributed by atoms with Gasteiger partial charge >= 0.3 is 5.69 Å². The van der Waals surface area contributed by atoms with Gasteiger partial charge in [-0.15, -0.1) is 0 Å². The number of nitrogens with one attached hydrogen (secondary N) is 2. The molecule has 0 saturated carbocycles. The summed E-state index contributed by atoms with van der Waals surface area (Å²) in [5.41, 5.74) is 1.77. The van der Waals surface area contributed by atoms with E-state index in [-0.39, 0.29) is 23.5 Å². The number of amides is 1. The fourth-order valence-corrected chi connectivity index (χ4v) is 3.69. The Morgan fingerprint density at radius 1 is 1.43 bits per heavy atom. The van der Waals surface area contributed by atoms with Gasteiger partial charge in [0.15, 0.2) is 0 Å². The van der Waals surface area contributed by atoms with Gasteiger partial charge < -0.3 is 15.0 Å². The number of hydrogen-bond donors (Lipinski definition) is 2. The molecule has 1 aliphatic carbocycles. The molecular formula is C14H19N3O3S. The highest BCUT2D eigenvalue weighted by Gasteiger charge is 2.19. The van der Waals surface area contributed by atoms with Crippen molar-refractivity contribution in [3.63, 3.8) is 0 Å². The summed E-state index contributed by atoms with van der Waals surface area (Å²) < 4.78 is 5.46. The molecule has 2 N–H and O–H groups in total. The number of carbonyl (C=O) groups is 1. The summed E-state index contributed by atoms with van der Waals surface area (Å²) in [4.78, 5) is 30.1. The van der Waals surface area contributed by atoms with Crippen molar-refractivity contribution in [3.05, 3.63) is 21.7 Å². The molecular weight excluding hydrogens is 290 g/mol. The molecule has 0 bridgehead atoms. The van der Waals surface area contributed by atoms with Crippen LogP contribution in [0.5, 0.6) is 0 Å². The van der Waals surface area contributed by atoms with Crippen molar-refractivity contribution in [2.24, 2.45) is 0 Å². The number of aromatic amines is 1. The Labute approximate surface area is 127 Å². The van der Waals surface area contributed by atoms with Crippen LogP contribution < -0.4 is 11.0 Å². The number of carbonyl (C=O) groups excluding carboxylic acids is 1. The number of aromatic nitrogens is 2. The van der Waals surface area contributed by atoms with Crippen molar-refractivity contribution in [2.45, 2.75) is 43.2 Å². The van der Waals surface area contributed by atoms with Crippen molar-refractivity contribution in [1.82, 2.24) is 15.3 Å². The lowest BCUT2D eigenvalue weighted by Gasteiger charge is -2.11. The summed E-state index contributed by atoms with van der Waals surface area (Å²) in [5, 5.41) is 3.59. The second-order valence-corrected chi connectivity index (χ2v) is 6.35. The van der Waals surface area contributed by atoms with Crippen LogP contribution in [0.3, 0.4) is 0 Å². The van der Waals surface area contributed by atoms with Crippen LogP contribution in [0.4, 0.5) is 0 Å². The lowest BCUT2D eigenvalue weighted by molar-refractivity contribution is -0.119. The number of fused-ring (bicyclic) bond motifs is 1. The molecule has 21 heavy (non-hydrogen) atoms. The number of rotatable bonds is 5. The van der Waals surface area contributed by atoms with Gasteiger partial charge in [-0.25, -0.2) is 4.79 Å². The van der Waals surface area contributed by atoms with Gasteiger partial charge in [0.1, 0.15) is 5.03 Å². The van der Waals surface area contributed by atoms with Crippen molar-refractivity contribution in [3.8, 4) is 0 Å². The monoisotopic (exact) mass is 309 g/mol. The molecule has 1 aliphatic heterocycles. The van der Waals surface area contributed by atoms with E-state index in [0.29, 0.717) is 11.6 Å². The average molecular weight is 309 g/mol. The summed E-state index contributed by atoms with van der Waals surface area (Å²) >= 11 is 1.35. The number of ether oxygens (including phenoxy) is 1. The molecule has 3 rings (SSSR count). The molecule has 7 heteroatoms. The molecule has 0 aromatic carbocycles. The maximum atomic E-state index is 11.9. The average Bonchev–Trinajstić information content (AvgIpc) is 3.13. The topological polar surface area (TPSA) is 84.1 Å². The Morgan fingerprint density at radius 3 is 3.14 bits per heavy atom. The van der Waals surface area contributed by atoms with Crippen molar-refractivity contribution >= 4 is 17.7 Å². The van der Waals surface area contributed by atoms with Crippen molar-refractivity contribution in [2.75, 3.05) is 18.9 Å². The SMILES string of the molecule is O=C(CSc1nc(=O)[nH]c2c1CCC2)NC[C@H]1CCCO1. The molecule has 1 atom stereocenters. The van der Waals surface area contributed by atoms with Gasteiger partial charge in [0.2, 0.25) is 5.91 Å². The lowest BCUT2D eigenvalue weighted by atomic mass is 10.2. The van der Waals surface area contributed by atoms with Gasteiger partial charge in [0.05, 0.1) is 11.9 Å². The van der Waals surface area contributed by atoms with E-state index in [1.165, 1.54) is 11.8 Å². The number of H-pyrrole nitrogens is 1. The Hall–Kier alpha value is -1.34. The van der Waals surface area contributed by atoms with Gasteiger partial charge in [0, 0.05) is 24.4 Å². The first-order valence-electron chi connectivity index (χ1n) is 7.35. The standard InChI is InChI=1S/C14H19N3O3S/c18-12(15-7-9-3-2-6-20-9)8-21-13-10-4-1-5-11(10)16-14(19)17-13/h9H,1-8H2,(H,15,18)(H,16,17,19)/t9-/m1/s1. The van der Waals surface area contributed by atoms with Crippen molar-refractivity contribution < 1.29 is 9.53 Å². The summed E-state index contributed by atoms with van der Waals surface area (Å²) in [6.07, 6.45) is 5.09. The minimum Gasteiger partial charge on any atom is -0.376 e. The quantitative estimate of drug-likeness (QED) is 0.616. The van der Waals surface area contributed by atoms with Crippen LogP contribution in [-0.4, -0.2) is 40.9 Å². The third-order valence-corrected chi connectivity index (χ3v) is 4.85. The molecule has 114 valence electrons. The van der Waals surface area contributed by atoms with E-state index < -0.39 is 0 Å². The molecule has 1 amide bonds. The van der Waals surface area contributed by atoms with Crippen LogP contribution in [0.15, 0.2) is 9.82 Å². The minimum atomic E-state index is -0.321. The van der Waals surface area contributed by atoms with Crippen LogP contribution in [0.2, 0.25) is 0 Å². The number of nitrogens with zero attached hydrogens (tertiary/aromatic N) is 1. The lowest BCUT2D eigenvalue weighted by Crippen LogP contribution is -2.33. The second kappa shape index (κ2) is 6.62. The molecule has 2 heterocycles. The van der Waals surface area contributed by atoms with Crippen LogP contribution >= 0.6 is 11.8 Å². The fraction of sp³-hybridized carbons (Fsp3) is 0.643. The van der Waals surface area contributed by atoms with Gasteiger partial charge in [-0.2, -0.15) is 4.98 Å². The molecule has 2 aliphatic rings. The van der Waals surface area contributed by atoms with E-state index in [4.69, 9.17) is 4.74 Å². The molecule has 1 aromatic rings. The first-order chi connectivity index (χ1) is 10.2. The van der Waals surface area contributed by atoms with Crippen LogP contribution in [0, 0.1) is 0 Å². The first kappa shape index (κ1) is 14.6. The molecule has 0 spiro atoms. The summed E-state index contributed by atoms with van der Waals surface area (Å²) in [6, 6.07) is 0. The molecule has 6 nitrogen and oxygen atoms in total. The van der Waals surface area contributed by atoms with Gasteiger partial charge in [-0.3, -0.25) is 4.79 Å². The zero-order valence-corrected chi connectivity index (χ0v) is 12.6. The third-order valence-electron chi connectivity index (χ3n) is 3.83. The predicted octanol–water partition coefficient (Wildman–Crippen LogP) is 0.646. The maximum Gasteiger partial charge on any atom is 0.346 e. The van der Waals surface area contributed by atoms with Gasteiger partial charge in [-0.05, 0) is 32.1 Å². The third kappa shape index (κ3) is 3.65. The van der Waals surface area contributed by atoms with Gasteiger partial charge in [0.25, 0.3) is 0 Å². The highest BCUT2D eigenvalue weighted by Crippen LogP contribution is 2.27. The van der Waals surface area contributed by atoms with E-state index in [2.05, 4.69) is 15.3 Å². The van der Waals surface area contributed by atoms with E-state index in [1.807, 2.05) is 0 Å². The normalized spacial score (nSPS) is 20.5. The molecule has 1 aromatic heterocycles. The summed E-state index contributed by atoms with van der Waals surface area (Å²) in [6.45, 7) is 1.36.